The molecule has 0 aromatic carbocycles. The van der Waals surface area contributed by atoms with Gasteiger partial charge in [0.1, 0.15) is 5.41 Å². The first-order valence-corrected chi connectivity index (χ1v) is 15.6. The van der Waals surface area contributed by atoms with Crippen LogP contribution in [-0.4, -0.2) is 57.1 Å². The van der Waals surface area contributed by atoms with Gasteiger partial charge < -0.3 is 25.2 Å². The summed E-state index contributed by atoms with van der Waals surface area (Å²) in [4.78, 5) is 37.5. The second-order valence-corrected chi connectivity index (χ2v) is 10.7. The zero-order valence-electron chi connectivity index (χ0n) is 25.6. The highest BCUT2D eigenvalue weighted by molar-refractivity contribution is 5.93. The predicted molar refractivity (Wildman–Crippen MR) is 156 cm³/mol. The van der Waals surface area contributed by atoms with Crippen molar-refractivity contribution in [3.63, 3.8) is 0 Å². The van der Waals surface area contributed by atoms with Gasteiger partial charge in [-0.25, -0.2) is 4.79 Å². The topological polar surface area (TPSA) is 141 Å². The van der Waals surface area contributed by atoms with Gasteiger partial charge in [0.05, 0.1) is 5.92 Å². The van der Waals surface area contributed by atoms with E-state index >= 15 is 0 Å². The van der Waals surface area contributed by atoms with Crippen molar-refractivity contribution in [2.24, 2.45) is 11.3 Å². The monoisotopic (exact) mass is 560 g/mol. The van der Waals surface area contributed by atoms with E-state index in [1.54, 1.807) is 0 Å². The van der Waals surface area contributed by atoms with E-state index in [4.69, 9.17) is 4.74 Å². The highest BCUT2D eigenvalue weighted by atomic mass is 16.5. The Bertz CT molecular complexity index is 620. The number of hydrogen-bond acceptors (Lipinski definition) is 5. The Kier molecular flexibility index (Phi) is 24.4. The molecule has 0 aliphatic heterocycles. The van der Waals surface area contributed by atoms with Crippen molar-refractivity contribution < 1.29 is 39.5 Å². The van der Waals surface area contributed by atoms with Crippen LogP contribution >= 0.6 is 0 Å². The van der Waals surface area contributed by atoms with Crippen LogP contribution in [0.5, 0.6) is 0 Å². The van der Waals surface area contributed by atoms with Crippen LogP contribution in [0.2, 0.25) is 0 Å². The summed E-state index contributed by atoms with van der Waals surface area (Å²) in [7, 11) is 0. The van der Waals surface area contributed by atoms with Crippen LogP contribution in [0.4, 0.5) is 0 Å². The van der Waals surface area contributed by atoms with Gasteiger partial charge in [0.25, 0.3) is 0 Å². The second-order valence-electron chi connectivity index (χ2n) is 10.7. The van der Waals surface area contributed by atoms with Crippen LogP contribution in [-0.2, 0) is 19.1 Å². The molecule has 0 aromatic heterocycles. The number of carbonyl (C=O) groups is 3. The Hall–Kier alpha value is -1.67. The number of aliphatic carboxylic acids is 3. The van der Waals surface area contributed by atoms with Gasteiger partial charge in [0.15, 0.2) is 5.60 Å². The highest BCUT2D eigenvalue weighted by Crippen LogP contribution is 2.48. The molecule has 0 saturated carbocycles. The molecular formula is C31H60O8. The molecule has 0 fully saturated rings. The average molecular weight is 561 g/mol. The maximum absolute atomic E-state index is 12.7. The van der Waals surface area contributed by atoms with E-state index in [1.165, 1.54) is 0 Å². The third-order valence-electron chi connectivity index (χ3n) is 7.69. The molecule has 0 spiro atoms. The van der Waals surface area contributed by atoms with E-state index in [0.717, 1.165) is 90.3 Å². The number of rotatable bonds is 25. The molecule has 8 nitrogen and oxygen atoms in total. The second kappa shape index (κ2) is 24.2. The fourth-order valence-corrected chi connectivity index (χ4v) is 5.30. The van der Waals surface area contributed by atoms with Crippen molar-refractivity contribution in [2.45, 2.75) is 156 Å². The number of aliphatic hydroxyl groups is 1. The quantitative estimate of drug-likeness (QED) is 0.0832. The summed E-state index contributed by atoms with van der Waals surface area (Å²) in [5, 5.41) is 42.2. The molecule has 0 aromatic rings. The minimum atomic E-state index is -2.87. The van der Waals surface area contributed by atoms with E-state index in [9.17, 15) is 34.8 Å². The third kappa shape index (κ3) is 14.5. The Balaban J connectivity index is 0. The molecular weight excluding hydrogens is 500 g/mol. The molecule has 0 heterocycles. The lowest BCUT2D eigenvalue weighted by molar-refractivity contribution is -0.207. The average Bonchev–Trinajstić information content (AvgIpc) is 2.89. The molecule has 232 valence electrons. The third-order valence-corrected chi connectivity index (χ3v) is 7.69. The minimum Gasteiger partial charge on any atom is -0.481 e. The highest BCUT2D eigenvalue weighted by Gasteiger charge is 2.65. The summed E-state index contributed by atoms with van der Waals surface area (Å²) in [6, 6.07) is 0. The summed E-state index contributed by atoms with van der Waals surface area (Å²) < 4.78 is 4.83. The van der Waals surface area contributed by atoms with Gasteiger partial charge in [0, 0.05) is 13.2 Å². The number of unbranched alkanes of at least 4 members (excludes halogenated alkanes) is 12. The van der Waals surface area contributed by atoms with Gasteiger partial charge in [-0.05, 0) is 33.1 Å². The minimum absolute atomic E-state index is 0.0394. The van der Waals surface area contributed by atoms with Crippen molar-refractivity contribution in [3.8, 4) is 0 Å². The molecule has 0 bridgehead atoms. The zero-order valence-corrected chi connectivity index (χ0v) is 25.6. The van der Waals surface area contributed by atoms with Gasteiger partial charge in [-0.2, -0.15) is 0 Å². The Labute approximate surface area is 237 Å². The Morgan fingerprint density at radius 2 is 0.974 bits per heavy atom. The molecule has 8 heteroatoms. The molecule has 0 saturated heterocycles. The summed E-state index contributed by atoms with van der Waals surface area (Å²) in [5.41, 5.74) is -4.91. The molecule has 2 unspecified atom stereocenters. The molecule has 0 amide bonds. The van der Waals surface area contributed by atoms with Crippen LogP contribution in [0.1, 0.15) is 150 Å². The first-order chi connectivity index (χ1) is 18.6. The summed E-state index contributed by atoms with van der Waals surface area (Å²) in [6.45, 7) is 11.9. The van der Waals surface area contributed by atoms with E-state index in [-0.39, 0.29) is 19.3 Å². The lowest BCUT2D eigenvalue weighted by atomic mass is 9.59. The molecule has 0 rings (SSSR count). The SMILES string of the molecule is CCCCCCCC(C(=O)O)C(O)(C(=O)O)C(CCCCCCC)(CCCCCCC)C(=O)O.CCOCC. The van der Waals surface area contributed by atoms with Crippen LogP contribution in [0.3, 0.4) is 0 Å². The van der Waals surface area contributed by atoms with Crippen molar-refractivity contribution in [2.75, 3.05) is 13.2 Å². The van der Waals surface area contributed by atoms with Crippen LogP contribution in [0, 0.1) is 11.3 Å². The van der Waals surface area contributed by atoms with E-state index < -0.39 is 34.8 Å². The van der Waals surface area contributed by atoms with Gasteiger partial charge in [-0.3, -0.25) is 9.59 Å². The van der Waals surface area contributed by atoms with Crippen LogP contribution in [0.25, 0.3) is 0 Å². The maximum Gasteiger partial charge on any atom is 0.337 e. The van der Waals surface area contributed by atoms with E-state index in [0.29, 0.717) is 19.3 Å². The number of carboxylic acid groups (broad SMARTS) is 3. The van der Waals surface area contributed by atoms with Gasteiger partial charge in [-0.1, -0.05) is 117 Å². The van der Waals surface area contributed by atoms with Crippen LogP contribution in [0.15, 0.2) is 0 Å². The summed E-state index contributed by atoms with van der Waals surface area (Å²) >= 11 is 0. The van der Waals surface area contributed by atoms with E-state index in [1.807, 2.05) is 13.8 Å². The van der Waals surface area contributed by atoms with E-state index in [2.05, 4.69) is 20.8 Å². The van der Waals surface area contributed by atoms with Crippen LogP contribution < -0.4 is 0 Å². The Morgan fingerprint density at radius 1 is 0.590 bits per heavy atom. The van der Waals surface area contributed by atoms with Gasteiger partial charge in [0.2, 0.25) is 0 Å². The first-order valence-electron chi connectivity index (χ1n) is 15.6. The smallest absolute Gasteiger partial charge is 0.337 e. The first kappa shape index (κ1) is 39.5. The fourth-order valence-electron chi connectivity index (χ4n) is 5.30. The number of carboxylic acids is 3. The van der Waals surface area contributed by atoms with Crippen molar-refractivity contribution in [1.82, 2.24) is 0 Å². The summed E-state index contributed by atoms with van der Waals surface area (Å²) in [5.74, 6) is -6.25. The normalized spacial score (nSPS) is 13.7. The summed E-state index contributed by atoms with van der Waals surface area (Å²) in [6.07, 6.45) is 12.1. The van der Waals surface area contributed by atoms with Gasteiger partial charge >= 0.3 is 17.9 Å². The number of hydrogen-bond donors (Lipinski definition) is 4. The lowest BCUT2D eigenvalue weighted by Crippen LogP contribution is -2.64. The zero-order chi connectivity index (χ0) is 30.2. The maximum atomic E-state index is 12.7. The Morgan fingerprint density at radius 3 is 1.26 bits per heavy atom. The predicted octanol–water partition coefficient (Wildman–Crippen LogP) is 7.70. The largest absolute Gasteiger partial charge is 0.481 e. The molecule has 0 radical (unpaired) electrons. The standard InChI is InChI=1S/C27H50O7.C4H10O/c1-4-7-10-13-16-19-22(23(28)29)27(34,25(32)33)26(24(30)31,20-17-14-11-8-5-2)21-18-15-12-9-6-3;1-3-5-4-2/h22,34H,4-21H2,1-3H3,(H,28,29)(H,30,31)(H,32,33);3-4H2,1-2H3. The molecule has 4 N–H and O–H groups in total. The molecule has 0 aliphatic rings. The van der Waals surface area contributed by atoms with Crippen molar-refractivity contribution >= 4 is 17.9 Å². The lowest BCUT2D eigenvalue weighted by Gasteiger charge is -2.45. The molecule has 39 heavy (non-hydrogen) atoms. The van der Waals surface area contributed by atoms with Crippen molar-refractivity contribution in [1.29, 1.82) is 0 Å². The number of ether oxygens (including phenoxy) is 1. The fraction of sp³-hybridized carbons (Fsp3) is 0.903. The molecule has 0 aliphatic carbocycles. The molecule has 2 atom stereocenters. The van der Waals surface area contributed by atoms with Crippen molar-refractivity contribution in [3.05, 3.63) is 0 Å². The van der Waals surface area contributed by atoms with Gasteiger partial charge in [-0.15, -0.1) is 0 Å².